The van der Waals surface area contributed by atoms with E-state index in [2.05, 4.69) is 0 Å². The van der Waals surface area contributed by atoms with E-state index in [1.807, 2.05) is 5.32 Å². The Morgan fingerprint density at radius 3 is 2.48 bits per heavy atom. The Bertz CT molecular complexity index is 848. The molecule has 1 unspecified atom stereocenters. The zero-order valence-electron chi connectivity index (χ0n) is 16.1. The van der Waals surface area contributed by atoms with Gasteiger partial charge in [0.2, 0.25) is 11.4 Å². The molecule has 5 nitrogen and oxygen atoms in total. The van der Waals surface area contributed by atoms with E-state index in [9.17, 15) is 27.6 Å². The fourth-order valence-electron chi connectivity index (χ4n) is 3.95. The van der Waals surface area contributed by atoms with Crippen molar-refractivity contribution in [2.75, 3.05) is 0 Å². The number of nitrogens with zero attached hydrogens (tertiary/aromatic N) is 1. The third-order valence-electron chi connectivity index (χ3n) is 5.34. The largest absolute Gasteiger partial charge is 0.425 e. The number of allylic oxidation sites excluding steroid dienone is 1. The second kappa shape index (κ2) is 8.00. The number of amides is 2. The topological polar surface area (TPSA) is 66.5 Å². The maximum atomic E-state index is 14.4. The van der Waals surface area contributed by atoms with Gasteiger partial charge in [0.1, 0.15) is 0 Å². The van der Waals surface area contributed by atoms with Crippen LogP contribution in [0.5, 0.6) is 0 Å². The van der Waals surface area contributed by atoms with Crippen LogP contribution >= 0.6 is 0 Å². The highest BCUT2D eigenvalue weighted by Crippen LogP contribution is 2.48. The number of benzene rings is 1. The van der Waals surface area contributed by atoms with Gasteiger partial charge in [-0.05, 0) is 24.8 Å². The summed E-state index contributed by atoms with van der Waals surface area (Å²) < 4.78 is 43.1. The molecule has 8 heteroatoms. The summed E-state index contributed by atoms with van der Waals surface area (Å²) in [4.78, 5) is 39.1. The van der Waals surface area contributed by atoms with Crippen molar-refractivity contribution >= 4 is 17.6 Å². The minimum absolute atomic E-state index is 0.0724. The van der Waals surface area contributed by atoms with Crippen molar-refractivity contribution in [1.29, 1.82) is 0 Å². The van der Waals surface area contributed by atoms with Crippen LogP contribution in [0.2, 0.25) is 0 Å². The van der Waals surface area contributed by atoms with Crippen LogP contribution in [0, 0.1) is 0 Å². The van der Waals surface area contributed by atoms with E-state index >= 15 is 0 Å². The van der Waals surface area contributed by atoms with Crippen molar-refractivity contribution in [2.45, 2.75) is 63.7 Å². The molecule has 1 atom stereocenters. The molecule has 1 N–H and O–H groups in total. The molecule has 0 spiro atoms. The molecule has 0 aromatic heterocycles. The molecule has 29 heavy (non-hydrogen) atoms. The number of ketones is 1. The summed E-state index contributed by atoms with van der Waals surface area (Å²) in [6.07, 6.45) is -3.79. The summed E-state index contributed by atoms with van der Waals surface area (Å²) >= 11 is 0. The zero-order chi connectivity index (χ0) is 21.2. The number of alkyl halides is 3. The van der Waals surface area contributed by atoms with Gasteiger partial charge >= 0.3 is 6.18 Å². The summed E-state index contributed by atoms with van der Waals surface area (Å²) in [7, 11) is 0. The Kier molecular flexibility index (Phi) is 5.82. The van der Waals surface area contributed by atoms with Gasteiger partial charge in [-0.15, -0.1) is 0 Å². The maximum absolute atomic E-state index is 14.4. The third kappa shape index (κ3) is 3.68. The molecule has 0 bridgehead atoms. The summed E-state index contributed by atoms with van der Waals surface area (Å²) in [6.45, 7) is 1.72. The van der Waals surface area contributed by atoms with Gasteiger partial charge in [0.25, 0.3) is 5.91 Å². The van der Waals surface area contributed by atoms with Gasteiger partial charge < -0.3 is 10.2 Å². The number of halogens is 3. The smallest absolute Gasteiger partial charge is 0.330 e. The molecule has 1 aliphatic heterocycles. The van der Waals surface area contributed by atoms with Crippen LogP contribution in [0.25, 0.3) is 0 Å². The fraction of sp³-hybridized carbons (Fsp3) is 0.476. The van der Waals surface area contributed by atoms with Crippen molar-refractivity contribution in [3.05, 3.63) is 47.2 Å². The van der Waals surface area contributed by atoms with E-state index in [4.69, 9.17) is 0 Å². The van der Waals surface area contributed by atoms with Crippen LogP contribution in [-0.4, -0.2) is 34.2 Å². The lowest BCUT2D eigenvalue weighted by Gasteiger charge is -2.33. The number of unbranched alkanes of at least 4 members (excludes halogenated alkanes) is 1. The molecule has 1 aromatic rings. The number of nitrogens with one attached hydrogen (secondary N) is 1. The summed E-state index contributed by atoms with van der Waals surface area (Å²) in [5.74, 6) is -2.92. The molecule has 0 fully saturated rings. The first-order valence-electron chi connectivity index (χ1n) is 9.72. The number of rotatable bonds is 6. The van der Waals surface area contributed by atoms with Gasteiger partial charge in [0, 0.05) is 18.5 Å². The van der Waals surface area contributed by atoms with Crippen LogP contribution in [0.4, 0.5) is 13.2 Å². The van der Waals surface area contributed by atoms with E-state index in [0.29, 0.717) is 24.8 Å². The first-order chi connectivity index (χ1) is 13.7. The lowest BCUT2D eigenvalue weighted by Crippen LogP contribution is -2.66. The summed E-state index contributed by atoms with van der Waals surface area (Å²) in [5, 5.41) is 1.93. The van der Waals surface area contributed by atoms with Gasteiger partial charge in [-0.1, -0.05) is 43.7 Å². The number of carbonyl (C=O) groups is 3. The average molecular weight is 408 g/mol. The van der Waals surface area contributed by atoms with Crippen molar-refractivity contribution in [1.82, 2.24) is 10.2 Å². The molecule has 1 aliphatic carbocycles. The highest BCUT2D eigenvalue weighted by atomic mass is 19.4. The second-order valence-corrected chi connectivity index (χ2v) is 7.37. The molecule has 0 saturated heterocycles. The number of Topliss-reactive ketones (excluding diaryl/α,β-unsaturated/α-hetero) is 1. The monoisotopic (exact) mass is 408 g/mol. The van der Waals surface area contributed by atoms with Gasteiger partial charge in [-0.2, -0.15) is 13.2 Å². The second-order valence-electron chi connectivity index (χ2n) is 7.37. The van der Waals surface area contributed by atoms with E-state index in [1.165, 1.54) is 0 Å². The molecular weight excluding hydrogens is 385 g/mol. The Balaban J connectivity index is 2.09. The van der Waals surface area contributed by atoms with Crippen molar-refractivity contribution in [3.63, 3.8) is 0 Å². The third-order valence-corrected chi connectivity index (χ3v) is 5.34. The molecule has 0 saturated carbocycles. The SMILES string of the molecule is CCCCC(=O)NC1(C(F)(F)F)C(=O)N(Cc2ccccc2)C2=C1C(=O)CCC2. The lowest BCUT2D eigenvalue weighted by atomic mass is 9.82. The highest BCUT2D eigenvalue weighted by Gasteiger charge is 2.70. The lowest BCUT2D eigenvalue weighted by molar-refractivity contribution is -0.194. The van der Waals surface area contributed by atoms with E-state index in [0.717, 1.165) is 4.90 Å². The molecule has 3 rings (SSSR count). The first-order valence-corrected chi connectivity index (χ1v) is 9.72. The zero-order valence-corrected chi connectivity index (χ0v) is 16.1. The van der Waals surface area contributed by atoms with Crippen LogP contribution in [0.3, 0.4) is 0 Å². The summed E-state index contributed by atoms with van der Waals surface area (Å²) in [5.41, 5.74) is -3.20. The van der Waals surface area contributed by atoms with Crippen molar-refractivity contribution in [3.8, 4) is 0 Å². The predicted molar refractivity (Wildman–Crippen MR) is 99.3 cm³/mol. The van der Waals surface area contributed by atoms with E-state index < -0.39 is 34.9 Å². The van der Waals surface area contributed by atoms with E-state index in [1.54, 1.807) is 37.3 Å². The quantitative estimate of drug-likeness (QED) is 0.782. The fourth-order valence-corrected chi connectivity index (χ4v) is 3.95. The van der Waals surface area contributed by atoms with Crippen molar-refractivity contribution < 1.29 is 27.6 Å². The van der Waals surface area contributed by atoms with Crippen LogP contribution in [0.1, 0.15) is 51.0 Å². The number of carbonyl (C=O) groups excluding carboxylic acids is 3. The van der Waals surface area contributed by atoms with Gasteiger partial charge in [-0.25, -0.2) is 0 Å². The van der Waals surface area contributed by atoms with Gasteiger partial charge in [-0.3, -0.25) is 14.4 Å². The van der Waals surface area contributed by atoms with Gasteiger partial charge in [0.15, 0.2) is 5.78 Å². The first kappa shape index (κ1) is 21.1. The van der Waals surface area contributed by atoms with Crippen molar-refractivity contribution in [2.24, 2.45) is 0 Å². The molecule has 0 radical (unpaired) electrons. The van der Waals surface area contributed by atoms with Gasteiger partial charge in [0.05, 0.1) is 12.1 Å². The normalized spacial score (nSPS) is 22.1. The Morgan fingerprint density at radius 1 is 1.17 bits per heavy atom. The predicted octanol–water partition coefficient (Wildman–Crippen LogP) is 3.64. The number of hydrogen-bond donors (Lipinski definition) is 1. The Hall–Kier alpha value is -2.64. The molecule has 1 aromatic carbocycles. The van der Waals surface area contributed by atoms with Crippen LogP contribution in [-0.2, 0) is 20.9 Å². The van der Waals surface area contributed by atoms with Crippen LogP contribution in [0.15, 0.2) is 41.6 Å². The average Bonchev–Trinajstić information content (AvgIpc) is 2.91. The number of hydrogen-bond acceptors (Lipinski definition) is 3. The van der Waals surface area contributed by atoms with Crippen LogP contribution < -0.4 is 5.32 Å². The Morgan fingerprint density at radius 2 is 1.86 bits per heavy atom. The molecule has 156 valence electrons. The minimum atomic E-state index is -5.13. The molecule has 2 aliphatic rings. The van der Waals surface area contributed by atoms with E-state index in [-0.39, 0.29) is 31.5 Å². The summed E-state index contributed by atoms with van der Waals surface area (Å²) in [6, 6.07) is 8.61. The molecule has 1 heterocycles. The molecule has 2 amide bonds. The maximum Gasteiger partial charge on any atom is 0.425 e. The highest BCUT2D eigenvalue weighted by molar-refractivity contribution is 6.13. The Labute approximate surface area is 166 Å². The minimum Gasteiger partial charge on any atom is -0.330 e. The molecular formula is C21H23F3N2O3. The standard InChI is InChI=1S/C21H23F3N2O3/c1-2-3-12-17(28)25-20(21(22,23)24)18-15(10-7-11-16(18)27)26(19(20)29)13-14-8-5-4-6-9-14/h4-6,8-9H,2-3,7,10-13H2,1H3,(H,25,28).